The van der Waals surface area contributed by atoms with Gasteiger partial charge in [-0.05, 0) is 18.2 Å². The summed E-state index contributed by atoms with van der Waals surface area (Å²) in [7, 11) is 0. The van der Waals surface area contributed by atoms with Gasteiger partial charge in [-0.2, -0.15) is 0 Å². The molecule has 0 fully saturated rings. The third-order valence-corrected chi connectivity index (χ3v) is 1.93. The maximum Gasteiger partial charge on any atom is 0.272 e. The first-order valence-corrected chi connectivity index (χ1v) is 4.60. The maximum atomic E-state index is 12.0. The number of nitrogens with two attached hydrogens (primary N) is 1. The first-order chi connectivity index (χ1) is 7.54. The molecule has 0 atom stereocenters. The van der Waals surface area contributed by atoms with Gasteiger partial charge in [-0.3, -0.25) is 0 Å². The monoisotopic (exact) mass is 250 g/mol. The molecule has 88 valence electrons. The molecule has 1 aromatic carbocycles. The van der Waals surface area contributed by atoms with Crippen LogP contribution in [0.5, 0.6) is 5.75 Å². The van der Waals surface area contributed by atoms with Gasteiger partial charge in [-0.15, -0.1) is 0 Å². The van der Waals surface area contributed by atoms with Crippen LogP contribution in [0.15, 0.2) is 23.4 Å². The number of hydrogen-bond acceptors (Lipinski definition) is 3. The molecule has 0 heterocycles. The third kappa shape index (κ3) is 3.23. The number of oxime groups is 1. The summed E-state index contributed by atoms with van der Waals surface area (Å²) in [6.45, 7) is -0.770. The van der Waals surface area contributed by atoms with Crippen molar-refractivity contribution in [3.05, 3.63) is 28.8 Å². The molecule has 0 unspecified atom stereocenters. The number of amidine groups is 1. The number of ether oxygens (including phenoxy) is 1. The fourth-order valence-corrected chi connectivity index (χ4v) is 1.21. The standard InChI is InChI=1S/C9H9ClF2N2O2/c10-5-1-2-7(16-4-8(11)12)6(3-5)9(13)14-15/h1-3,8,15H,4H2,(H2,13,14). The molecule has 0 spiro atoms. The topological polar surface area (TPSA) is 67.8 Å². The molecule has 0 amide bonds. The van der Waals surface area contributed by atoms with Crippen LogP contribution in [0.2, 0.25) is 5.02 Å². The molecule has 0 radical (unpaired) electrons. The summed E-state index contributed by atoms with van der Waals surface area (Å²) in [6.07, 6.45) is -2.60. The van der Waals surface area contributed by atoms with E-state index in [1.165, 1.54) is 18.2 Å². The lowest BCUT2D eigenvalue weighted by molar-refractivity contribution is 0.0818. The zero-order chi connectivity index (χ0) is 12.1. The molecule has 0 aromatic heterocycles. The number of hydrogen-bond donors (Lipinski definition) is 2. The Hall–Kier alpha value is -1.56. The molecule has 1 rings (SSSR count). The number of rotatable bonds is 4. The second kappa shape index (κ2) is 5.50. The number of nitrogens with zero attached hydrogens (tertiary/aromatic N) is 1. The van der Waals surface area contributed by atoms with Crippen molar-refractivity contribution in [1.29, 1.82) is 0 Å². The van der Waals surface area contributed by atoms with Gasteiger partial charge in [0.05, 0.1) is 5.56 Å². The van der Waals surface area contributed by atoms with E-state index in [9.17, 15) is 8.78 Å². The Morgan fingerprint density at radius 2 is 2.25 bits per heavy atom. The van der Waals surface area contributed by atoms with Crippen molar-refractivity contribution in [2.45, 2.75) is 6.43 Å². The zero-order valence-electron chi connectivity index (χ0n) is 8.03. The van der Waals surface area contributed by atoms with Crippen LogP contribution in [0.1, 0.15) is 5.56 Å². The van der Waals surface area contributed by atoms with Crippen LogP contribution in [0.25, 0.3) is 0 Å². The van der Waals surface area contributed by atoms with Crippen LogP contribution in [0, 0.1) is 0 Å². The van der Waals surface area contributed by atoms with E-state index in [4.69, 9.17) is 27.3 Å². The summed E-state index contributed by atoms with van der Waals surface area (Å²) in [6, 6.07) is 4.19. The normalized spacial score (nSPS) is 11.9. The highest BCUT2D eigenvalue weighted by molar-refractivity contribution is 6.31. The summed E-state index contributed by atoms with van der Waals surface area (Å²) in [5.74, 6) is -0.174. The van der Waals surface area contributed by atoms with E-state index >= 15 is 0 Å². The average Bonchev–Trinajstić information content (AvgIpc) is 2.26. The van der Waals surface area contributed by atoms with E-state index in [-0.39, 0.29) is 17.1 Å². The molecule has 0 aliphatic carbocycles. The fraction of sp³-hybridized carbons (Fsp3) is 0.222. The molecule has 0 bridgehead atoms. The molecule has 0 saturated heterocycles. The zero-order valence-corrected chi connectivity index (χ0v) is 8.79. The van der Waals surface area contributed by atoms with Gasteiger partial charge < -0.3 is 15.7 Å². The predicted molar refractivity (Wildman–Crippen MR) is 55.5 cm³/mol. The lowest BCUT2D eigenvalue weighted by Gasteiger charge is -2.10. The summed E-state index contributed by atoms with van der Waals surface area (Å²) >= 11 is 5.68. The van der Waals surface area contributed by atoms with Crippen LogP contribution in [0.4, 0.5) is 8.78 Å². The molecule has 3 N–H and O–H groups in total. The maximum absolute atomic E-state index is 12.0. The van der Waals surface area contributed by atoms with Crippen molar-refractivity contribution in [2.24, 2.45) is 10.9 Å². The second-order valence-corrected chi connectivity index (χ2v) is 3.26. The van der Waals surface area contributed by atoms with Crippen LogP contribution < -0.4 is 10.5 Å². The van der Waals surface area contributed by atoms with Gasteiger partial charge in [0.15, 0.2) is 5.84 Å². The average molecular weight is 251 g/mol. The van der Waals surface area contributed by atoms with Gasteiger partial charge >= 0.3 is 0 Å². The molecule has 0 aliphatic rings. The van der Waals surface area contributed by atoms with Gasteiger partial charge in [-0.25, -0.2) is 8.78 Å². The van der Waals surface area contributed by atoms with Crippen molar-refractivity contribution in [3.8, 4) is 5.75 Å². The van der Waals surface area contributed by atoms with Crippen LogP contribution in [0.3, 0.4) is 0 Å². The Labute approximate surface area is 95.3 Å². The first-order valence-electron chi connectivity index (χ1n) is 4.23. The minimum absolute atomic E-state index is 0.0833. The lowest BCUT2D eigenvalue weighted by Crippen LogP contribution is -2.16. The van der Waals surface area contributed by atoms with Crippen LogP contribution in [-0.4, -0.2) is 24.1 Å². The third-order valence-electron chi connectivity index (χ3n) is 1.69. The quantitative estimate of drug-likeness (QED) is 0.372. The Balaban J connectivity index is 2.98. The van der Waals surface area contributed by atoms with Crippen LogP contribution in [-0.2, 0) is 0 Å². The molecule has 4 nitrogen and oxygen atoms in total. The van der Waals surface area contributed by atoms with Crippen molar-refractivity contribution < 1.29 is 18.7 Å². The minimum Gasteiger partial charge on any atom is -0.487 e. The smallest absolute Gasteiger partial charge is 0.272 e. The van der Waals surface area contributed by atoms with Gasteiger partial charge in [0, 0.05) is 5.02 Å². The van der Waals surface area contributed by atoms with Gasteiger partial charge in [0.25, 0.3) is 6.43 Å². The molecular weight excluding hydrogens is 242 g/mol. The SMILES string of the molecule is N/C(=N/O)c1cc(Cl)ccc1OCC(F)F. The summed E-state index contributed by atoms with van der Waals surface area (Å²) < 4.78 is 28.7. The lowest BCUT2D eigenvalue weighted by atomic mass is 10.2. The van der Waals surface area contributed by atoms with Crippen molar-refractivity contribution in [2.75, 3.05) is 6.61 Å². The fourth-order valence-electron chi connectivity index (χ4n) is 1.03. The van der Waals surface area contributed by atoms with Gasteiger partial charge in [0.1, 0.15) is 12.4 Å². The molecule has 1 aromatic rings. The molecule has 0 saturated carbocycles. The molecule has 0 aliphatic heterocycles. The molecule has 16 heavy (non-hydrogen) atoms. The Kier molecular flexibility index (Phi) is 4.30. The highest BCUT2D eigenvalue weighted by atomic mass is 35.5. The Morgan fingerprint density at radius 3 is 2.81 bits per heavy atom. The number of alkyl halides is 2. The predicted octanol–water partition coefficient (Wildman–Crippen LogP) is 2.08. The van der Waals surface area contributed by atoms with Gasteiger partial charge in [0.2, 0.25) is 0 Å². The molecular formula is C9H9ClF2N2O2. The summed E-state index contributed by atoms with van der Waals surface area (Å²) in [5, 5.41) is 11.6. The highest BCUT2D eigenvalue weighted by Gasteiger charge is 2.11. The van der Waals surface area contributed by atoms with E-state index < -0.39 is 13.0 Å². The van der Waals surface area contributed by atoms with E-state index in [2.05, 4.69) is 5.16 Å². The first kappa shape index (κ1) is 12.5. The summed E-state index contributed by atoms with van der Waals surface area (Å²) in [4.78, 5) is 0. The van der Waals surface area contributed by atoms with E-state index in [1.54, 1.807) is 0 Å². The summed E-state index contributed by atoms with van der Waals surface area (Å²) in [5.41, 5.74) is 5.51. The molecule has 7 heteroatoms. The minimum atomic E-state index is -2.60. The highest BCUT2D eigenvalue weighted by Crippen LogP contribution is 2.23. The number of benzene rings is 1. The Bertz CT molecular complexity index is 399. The largest absolute Gasteiger partial charge is 0.487 e. The number of halogens is 3. The van der Waals surface area contributed by atoms with E-state index in [0.29, 0.717) is 5.02 Å². The van der Waals surface area contributed by atoms with Crippen molar-refractivity contribution >= 4 is 17.4 Å². The second-order valence-electron chi connectivity index (χ2n) is 2.83. The Morgan fingerprint density at radius 1 is 1.56 bits per heavy atom. The van der Waals surface area contributed by atoms with Crippen LogP contribution >= 0.6 is 11.6 Å². The van der Waals surface area contributed by atoms with Gasteiger partial charge in [-0.1, -0.05) is 16.8 Å². The van der Waals surface area contributed by atoms with Crippen molar-refractivity contribution in [3.63, 3.8) is 0 Å². The van der Waals surface area contributed by atoms with E-state index in [0.717, 1.165) is 0 Å². The van der Waals surface area contributed by atoms with E-state index in [1.807, 2.05) is 0 Å². The van der Waals surface area contributed by atoms with Crippen molar-refractivity contribution in [1.82, 2.24) is 0 Å².